The Labute approximate surface area is 118 Å². The minimum Gasteiger partial charge on any atom is -0.340 e. The normalized spacial score (nSPS) is 16.6. The molecule has 1 aliphatic heterocycles. The lowest BCUT2D eigenvalue weighted by Crippen LogP contribution is -2.46. The van der Waals surface area contributed by atoms with Crippen LogP contribution in [0.25, 0.3) is 0 Å². The Hall–Kier alpha value is -0.980. The lowest BCUT2D eigenvalue weighted by Gasteiger charge is -2.29. The van der Waals surface area contributed by atoms with Crippen LogP contribution >= 0.6 is 11.3 Å². The highest BCUT2D eigenvalue weighted by Crippen LogP contribution is 2.18. The van der Waals surface area contributed by atoms with Crippen LogP contribution < -0.4 is 5.32 Å². The molecule has 0 atom stereocenters. The molecule has 0 bridgehead atoms. The van der Waals surface area contributed by atoms with Gasteiger partial charge >= 0.3 is 0 Å². The van der Waals surface area contributed by atoms with Gasteiger partial charge in [-0.15, -0.1) is 11.3 Å². The van der Waals surface area contributed by atoms with Crippen molar-refractivity contribution in [1.82, 2.24) is 20.1 Å². The van der Waals surface area contributed by atoms with Crippen LogP contribution in [0.3, 0.4) is 0 Å². The van der Waals surface area contributed by atoms with E-state index in [-0.39, 0.29) is 5.91 Å². The Kier molecular flexibility index (Phi) is 4.90. The number of hydrogen-bond donors (Lipinski definition) is 1. The van der Waals surface area contributed by atoms with Gasteiger partial charge in [-0.05, 0) is 13.8 Å². The van der Waals surface area contributed by atoms with E-state index in [1.807, 2.05) is 25.8 Å². The third kappa shape index (κ3) is 3.75. The lowest BCUT2D eigenvalue weighted by molar-refractivity contribution is 0.0778. The lowest BCUT2D eigenvalue weighted by atomic mass is 10.3. The van der Waals surface area contributed by atoms with Gasteiger partial charge in [-0.25, -0.2) is 4.98 Å². The van der Waals surface area contributed by atoms with Crippen LogP contribution in [0.5, 0.6) is 0 Å². The predicted octanol–water partition coefficient (Wildman–Crippen LogP) is 0.737. The number of nitrogens with one attached hydrogen (secondary N) is 1. The molecule has 1 N–H and O–H groups in total. The summed E-state index contributed by atoms with van der Waals surface area (Å²) in [5.74, 6) is 0.0956. The highest BCUT2D eigenvalue weighted by atomic mass is 32.1. The Morgan fingerprint density at radius 1 is 1.42 bits per heavy atom. The van der Waals surface area contributed by atoms with Crippen LogP contribution in [0, 0.1) is 13.8 Å². The minimum absolute atomic E-state index is 0.0956. The van der Waals surface area contributed by atoms with Gasteiger partial charge in [0, 0.05) is 46.3 Å². The van der Waals surface area contributed by atoms with Crippen molar-refractivity contribution in [3.8, 4) is 0 Å². The molecule has 1 fully saturated rings. The Balaban J connectivity index is 1.86. The fourth-order valence-corrected chi connectivity index (χ4v) is 3.15. The molecule has 0 spiro atoms. The predicted molar refractivity (Wildman–Crippen MR) is 77.9 cm³/mol. The van der Waals surface area contributed by atoms with Gasteiger partial charge < -0.3 is 10.2 Å². The van der Waals surface area contributed by atoms with Gasteiger partial charge in [-0.3, -0.25) is 9.69 Å². The monoisotopic (exact) mass is 282 g/mol. The van der Waals surface area contributed by atoms with Gasteiger partial charge in [0.15, 0.2) is 0 Å². The molecule has 2 rings (SSSR count). The van der Waals surface area contributed by atoms with Crippen LogP contribution in [0.1, 0.15) is 20.4 Å². The number of rotatable bonds is 4. The fraction of sp³-hybridized carbons (Fsp3) is 0.692. The van der Waals surface area contributed by atoms with E-state index in [0.29, 0.717) is 0 Å². The van der Waals surface area contributed by atoms with E-state index >= 15 is 0 Å². The molecule has 0 aromatic carbocycles. The van der Waals surface area contributed by atoms with Crippen molar-refractivity contribution in [2.24, 2.45) is 0 Å². The van der Waals surface area contributed by atoms with Crippen molar-refractivity contribution in [2.75, 3.05) is 46.3 Å². The summed E-state index contributed by atoms with van der Waals surface area (Å²) in [6, 6.07) is 0. The number of amides is 1. The van der Waals surface area contributed by atoms with Crippen molar-refractivity contribution in [3.63, 3.8) is 0 Å². The summed E-state index contributed by atoms with van der Waals surface area (Å²) in [7, 11) is 1.87. The highest BCUT2D eigenvalue weighted by molar-refractivity contribution is 7.13. The zero-order chi connectivity index (χ0) is 13.8. The third-order valence-corrected chi connectivity index (χ3v) is 4.47. The summed E-state index contributed by atoms with van der Waals surface area (Å²) >= 11 is 1.49. The van der Waals surface area contributed by atoms with Crippen LogP contribution in [0.2, 0.25) is 0 Å². The largest absolute Gasteiger partial charge is 0.340 e. The summed E-state index contributed by atoms with van der Waals surface area (Å²) < 4.78 is 0. The number of aryl methyl sites for hydroxylation is 2. The van der Waals surface area contributed by atoms with E-state index in [1.165, 1.54) is 11.3 Å². The van der Waals surface area contributed by atoms with E-state index in [0.717, 1.165) is 54.8 Å². The second-order valence-corrected chi connectivity index (χ2v) is 6.17. The van der Waals surface area contributed by atoms with E-state index in [2.05, 4.69) is 15.2 Å². The SMILES string of the molecule is Cc1nc(C)c(C(=O)N(C)CCN2CCNCC2)s1. The molecule has 1 aromatic heterocycles. The molecule has 2 heterocycles. The van der Waals surface area contributed by atoms with E-state index in [1.54, 1.807) is 0 Å². The molecule has 0 radical (unpaired) electrons. The average molecular weight is 282 g/mol. The van der Waals surface area contributed by atoms with Crippen molar-refractivity contribution in [2.45, 2.75) is 13.8 Å². The third-order valence-electron chi connectivity index (χ3n) is 3.41. The molecular formula is C13H22N4OS. The number of aromatic nitrogens is 1. The standard InChI is InChI=1S/C13H22N4OS/c1-10-12(19-11(2)15-10)13(18)16(3)8-9-17-6-4-14-5-7-17/h14H,4-9H2,1-3H3. The fourth-order valence-electron chi connectivity index (χ4n) is 2.23. The van der Waals surface area contributed by atoms with Crippen LogP contribution in [0.4, 0.5) is 0 Å². The van der Waals surface area contributed by atoms with Gasteiger partial charge in [0.05, 0.1) is 10.7 Å². The second kappa shape index (κ2) is 6.45. The van der Waals surface area contributed by atoms with E-state index < -0.39 is 0 Å². The van der Waals surface area contributed by atoms with Gasteiger partial charge in [0.25, 0.3) is 5.91 Å². The maximum atomic E-state index is 12.3. The number of carbonyl (C=O) groups excluding carboxylic acids is 1. The highest BCUT2D eigenvalue weighted by Gasteiger charge is 2.18. The summed E-state index contributed by atoms with van der Waals surface area (Å²) in [6.45, 7) is 9.79. The van der Waals surface area contributed by atoms with Crippen LogP contribution in [-0.4, -0.2) is 67.0 Å². The summed E-state index contributed by atoms with van der Waals surface area (Å²) in [5.41, 5.74) is 0.849. The molecule has 19 heavy (non-hydrogen) atoms. The second-order valence-electron chi connectivity index (χ2n) is 4.97. The Morgan fingerprint density at radius 2 is 2.11 bits per heavy atom. The molecule has 1 saturated heterocycles. The van der Waals surface area contributed by atoms with Gasteiger partial charge in [0.1, 0.15) is 4.88 Å². The Morgan fingerprint density at radius 3 is 2.68 bits per heavy atom. The first-order valence-electron chi connectivity index (χ1n) is 6.70. The van der Waals surface area contributed by atoms with Crippen molar-refractivity contribution in [3.05, 3.63) is 15.6 Å². The quantitative estimate of drug-likeness (QED) is 0.885. The first-order chi connectivity index (χ1) is 9.08. The molecule has 1 aliphatic rings. The first-order valence-corrected chi connectivity index (χ1v) is 7.52. The van der Waals surface area contributed by atoms with Crippen molar-refractivity contribution < 1.29 is 4.79 Å². The smallest absolute Gasteiger partial charge is 0.265 e. The average Bonchev–Trinajstić information content (AvgIpc) is 2.75. The molecule has 0 aliphatic carbocycles. The first kappa shape index (κ1) is 14.4. The summed E-state index contributed by atoms with van der Waals surface area (Å²) in [4.78, 5) is 21.6. The number of carbonyl (C=O) groups is 1. The summed E-state index contributed by atoms with van der Waals surface area (Å²) in [6.07, 6.45) is 0. The number of likely N-dealkylation sites (N-methyl/N-ethyl adjacent to an activating group) is 1. The molecule has 0 saturated carbocycles. The number of hydrogen-bond acceptors (Lipinski definition) is 5. The van der Waals surface area contributed by atoms with Crippen LogP contribution in [0.15, 0.2) is 0 Å². The molecule has 6 heteroatoms. The maximum Gasteiger partial charge on any atom is 0.265 e. The number of nitrogens with zero attached hydrogens (tertiary/aromatic N) is 3. The summed E-state index contributed by atoms with van der Waals surface area (Å²) in [5, 5.41) is 4.29. The molecular weight excluding hydrogens is 260 g/mol. The molecule has 106 valence electrons. The van der Waals surface area contributed by atoms with Gasteiger partial charge in [-0.2, -0.15) is 0 Å². The zero-order valence-corrected chi connectivity index (χ0v) is 12.7. The number of piperazine rings is 1. The topological polar surface area (TPSA) is 48.5 Å². The van der Waals surface area contributed by atoms with Gasteiger partial charge in [-0.1, -0.05) is 0 Å². The number of thiazole rings is 1. The van der Waals surface area contributed by atoms with E-state index in [9.17, 15) is 4.79 Å². The molecule has 5 nitrogen and oxygen atoms in total. The molecule has 1 amide bonds. The van der Waals surface area contributed by atoms with Gasteiger partial charge in [0.2, 0.25) is 0 Å². The molecule has 0 unspecified atom stereocenters. The maximum absolute atomic E-state index is 12.3. The van der Waals surface area contributed by atoms with Crippen molar-refractivity contribution >= 4 is 17.2 Å². The van der Waals surface area contributed by atoms with Crippen LogP contribution in [-0.2, 0) is 0 Å². The van der Waals surface area contributed by atoms with Crippen molar-refractivity contribution in [1.29, 1.82) is 0 Å². The minimum atomic E-state index is 0.0956. The van der Waals surface area contributed by atoms with E-state index in [4.69, 9.17) is 0 Å². The molecule has 1 aromatic rings. The zero-order valence-electron chi connectivity index (χ0n) is 11.9. The Bertz CT molecular complexity index is 440.